The molecule has 0 radical (unpaired) electrons. The summed E-state index contributed by atoms with van der Waals surface area (Å²) in [5.74, 6) is -5.58. The first-order chi connectivity index (χ1) is 12.8. The molecule has 5 nitrogen and oxygen atoms in total. The molecule has 1 aliphatic rings. The maximum atomic E-state index is 13.2. The van der Waals surface area contributed by atoms with E-state index in [0.29, 0.717) is 43.8 Å². The highest BCUT2D eigenvalue weighted by molar-refractivity contribution is 6.04. The zero-order valence-corrected chi connectivity index (χ0v) is 14.3. The third kappa shape index (κ3) is 4.21. The van der Waals surface area contributed by atoms with Gasteiger partial charge in [0.1, 0.15) is 0 Å². The van der Waals surface area contributed by atoms with E-state index in [-0.39, 0.29) is 17.4 Å². The van der Waals surface area contributed by atoms with Gasteiger partial charge in [-0.05, 0) is 49.2 Å². The lowest BCUT2D eigenvalue weighted by molar-refractivity contribution is -0.122. The molecule has 0 atom stereocenters. The second-order valence-corrected chi connectivity index (χ2v) is 6.42. The molecule has 0 saturated carbocycles. The van der Waals surface area contributed by atoms with Crippen LogP contribution in [0.25, 0.3) is 0 Å². The lowest BCUT2D eigenvalue weighted by Gasteiger charge is -2.32. The third-order valence-electron chi connectivity index (χ3n) is 4.63. The van der Waals surface area contributed by atoms with Crippen molar-refractivity contribution in [3.63, 3.8) is 0 Å². The van der Waals surface area contributed by atoms with Gasteiger partial charge in [0.15, 0.2) is 17.5 Å². The van der Waals surface area contributed by atoms with Crippen LogP contribution in [-0.2, 0) is 4.79 Å². The minimum absolute atomic E-state index is 0.101. The summed E-state index contributed by atoms with van der Waals surface area (Å²) in [5, 5.41) is 2.51. The average Bonchev–Trinajstić information content (AvgIpc) is 2.66. The number of nitrogens with two attached hydrogens (primary N) is 1. The summed E-state index contributed by atoms with van der Waals surface area (Å²) in [4.78, 5) is 25.4. The van der Waals surface area contributed by atoms with Crippen LogP contribution >= 0.6 is 0 Å². The topological polar surface area (TPSA) is 75.4 Å². The fourth-order valence-electron chi connectivity index (χ4n) is 3.07. The van der Waals surface area contributed by atoms with Gasteiger partial charge in [-0.2, -0.15) is 0 Å². The van der Waals surface area contributed by atoms with Gasteiger partial charge < -0.3 is 16.0 Å². The quantitative estimate of drug-likeness (QED) is 0.804. The van der Waals surface area contributed by atoms with Crippen LogP contribution in [0.2, 0.25) is 0 Å². The predicted molar refractivity (Wildman–Crippen MR) is 94.8 cm³/mol. The van der Waals surface area contributed by atoms with Crippen LogP contribution in [0.3, 0.4) is 0 Å². The monoisotopic (exact) mass is 377 g/mol. The summed E-state index contributed by atoms with van der Waals surface area (Å²) in [6.07, 6.45) is 1.38. The molecule has 0 aliphatic carbocycles. The first-order valence-electron chi connectivity index (χ1n) is 8.45. The summed E-state index contributed by atoms with van der Waals surface area (Å²) in [6.45, 7) is 1.40. The first kappa shape index (κ1) is 18.8. The lowest BCUT2D eigenvalue weighted by atomic mass is 9.96. The summed E-state index contributed by atoms with van der Waals surface area (Å²) < 4.78 is 39.5. The summed E-state index contributed by atoms with van der Waals surface area (Å²) in [6, 6.07) is 8.20. The van der Waals surface area contributed by atoms with E-state index < -0.39 is 23.4 Å². The molecule has 27 heavy (non-hydrogen) atoms. The van der Waals surface area contributed by atoms with Crippen molar-refractivity contribution in [3.8, 4) is 0 Å². The third-order valence-corrected chi connectivity index (χ3v) is 4.63. The Kier molecular flexibility index (Phi) is 5.34. The summed E-state index contributed by atoms with van der Waals surface area (Å²) in [5.41, 5.74) is 6.37. The van der Waals surface area contributed by atoms with E-state index in [2.05, 4.69) is 10.2 Å². The van der Waals surface area contributed by atoms with Crippen molar-refractivity contribution in [2.75, 3.05) is 23.3 Å². The maximum Gasteiger partial charge on any atom is 0.255 e. The fraction of sp³-hybridized carbons (Fsp3) is 0.263. The van der Waals surface area contributed by atoms with Crippen molar-refractivity contribution < 1.29 is 22.8 Å². The molecule has 0 spiro atoms. The van der Waals surface area contributed by atoms with E-state index in [9.17, 15) is 22.8 Å². The van der Waals surface area contributed by atoms with Gasteiger partial charge in [-0.25, -0.2) is 13.2 Å². The summed E-state index contributed by atoms with van der Waals surface area (Å²) in [7, 11) is 0. The number of carbonyl (C=O) groups excluding carboxylic acids is 2. The van der Waals surface area contributed by atoms with Gasteiger partial charge in [0.05, 0.1) is 0 Å². The molecule has 0 aromatic heterocycles. The van der Waals surface area contributed by atoms with Gasteiger partial charge in [-0.1, -0.05) is 0 Å². The highest BCUT2D eigenvalue weighted by Crippen LogP contribution is 2.25. The van der Waals surface area contributed by atoms with E-state index >= 15 is 0 Å². The van der Waals surface area contributed by atoms with Crippen LogP contribution in [-0.4, -0.2) is 24.9 Å². The number of nitrogens with one attached hydrogen (secondary N) is 1. The van der Waals surface area contributed by atoms with E-state index in [1.807, 2.05) is 0 Å². The van der Waals surface area contributed by atoms with E-state index in [0.717, 1.165) is 5.69 Å². The van der Waals surface area contributed by atoms with Crippen LogP contribution in [0.4, 0.5) is 24.5 Å². The number of carbonyl (C=O) groups is 2. The van der Waals surface area contributed by atoms with Crippen LogP contribution in [0.15, 0.2) is 36.4 Å². The molecule has 1 fully saturated rings. The van der Waals surface area contributed by atoms with Crippen molar-refractivity contribution in [2.24, 2.45) is 11.7 Å². The van der Waals surface area contributed by atoms with Gasteiger partial charge in [0.25, 0.3) is 5.91 Å². The second kappa shape index (κ2) is 7.69. The Bertz CT molecular complexity index is 840. The minimum atomic E-state index is -1.61. The second-order valence-electron chi connectivity index (χ2n) is 6.42. The molecule has 2 aromatic carbocycles. The molecule has 3 rings (SSSR count). The zero-order valence-electron chi connectivity index (χ0n) is 14.3. The normalized spacial score (nSPS) is 14.9. The van der Waals surface area contributed by atoms with Gasteiger partial charge in [0, 0.05) is 35.9 Å². The minimum Gasteiger partial charge on any atom is -0.371 e. The molecule has 3 N–H and O–H groups in total. The Morgan fingerprint density at radius 3 is 2.07 bits per heavy atom. The Morgan fingerprint density at radius 1 is 1.00 bits per heavy atom. The molecule has 142 valence electrons. The molecular formula is C19H18F3N3O2. The number of primary amides is 1. The average molecular weight is 377 g/mol. The van der Waals surface area contributed by atoms with E-state index in [4.69, 9.17) is 5.73 Å². The van der Waals surface area contributed by atoms with Gasteiger partial charge in [0.2, 0.25) is 5.91 Å². The van der Waals surface area contributed by atoms with Crippen molar-refractivity contribution in [3.05, 3.63) is 59.4 Å². The number of nitrogens with zero attached hydrogens (tertiary/aromatic N) is 1. The largest absolute Gasteiger partial charge is 0.371 e. The summed E-state index contributed by atoms with van der Waals surface area (Å²) >= 11 is 0. The first-order valence-corrected chi connectivity index (χ1v) is 8.45. The molecule has 1 heterocycles. The van der Waals surface area contributed by atoms with E-state index in [1.54, 1.807) is 24.3 Å². The highest BCUT2D eigenvalue weighted by atomic mass is 19.2. The predicted octanol–water partition coefficient (Wildman–Crippen LogP) is 3.06. The van der Waals surface area contributed by atoms with Gasteiger partial charge in [-0.3, -0.25) is 9.59 Å². The highest BCUT2D eigenvalue weighted by Gasteiger charge is 2.23. The van der Waals surface area contributed by atoms with Crippen molar-refractivity contribution >= 4 is 23.2 Å². The molecule has 8 heteroatoms. The Balaban J connectivity index is 1.64. The molecule has 1 saturated heterocycles. The zero-order chi connectivity index (χ0) is 19.6. The van der Waals surface area contributed by atoms with Gasteiger partial charge in [-0.15, -0.1) is 0 Å². The van der Waals surface area contributed by atoms with Crippen molar-refractivity contribution in [1.29, 1.82) is 0 Å². The molecule has 2 aromatic rings. The van der Waals surface area contributed by atoms with Crippen LogP contribution in [0, 0.1) is 23.4 Å². The fourth-order valence-corrected chi connectivity index (χ4v) is 3.07. The van der Waals surface area contributed by atoms with Crippen LogP contribution in [0.5, 0.6) is 0 Å². The Morgan fingerprint density at radius 2 is 1.56 bits per heavy atom. The number of hydrogen-bond donors (Lipinski definition) is 2. The standard InChI is InChI=1S/C19H18F3N3O2/c20-15-9-12(10-16(21)17(15)22)19(27)24-13-1-3-14(4-2-13)25-7-5-11(6-8-25)18(23)26/h1-4,9-11H,5-8H2,(H2,23,26)(H,24,27). The number of hydrogen-bond acceptors (Lipinski definition) is 3. The number of halogens is 3. The van der Waals surface area contributed by atoms with E-state index in [1.165, 1.54) is 0 Å². The molecule has 0 unspecified atom stereocenters. The lowest BCUT2D eigenvalue weighted by Crippen LogP contribution is -2.38. The Labute approximate surface area is 154 Å². The van der Waals surface area contributed by atoms with Crippen molar-refractivity contribution in [2.45, 2.75) is 12.8 Å². The number of benzene rings is 2. The molecule has 2 amide bonds. The number of amides is 2. The Hall–Kier alpha value is -3.03. The van der Waals surface area contributed by atoms with Gasteiger partial charge >= 0.3 is 0 Å². The molecular weight excluding hydrogens is 359 g/mol. The number of piperidine rings is 1. The molecule has 0 bridgehead atoms. The smallest absolute Gasteiger partial charge is 0.255 e. The molecule has 1 aliphatic heterocycles. The number of anilines is 2. The maximum absolute atomic E-state index is 13.2. The van der Waals surface area contributed by atoms with Crippen molar-refractivity contribution in [1.82, 2.24) is 0 Å². The van der Waals surface area contributed by atoms with Crippen LogP contribution in [0.1, 0.15) is 23.2 Å². The SMILES string of the molecule is NC(=O)C1CCN(c2ccc(NC(=O)c3cc(F)c(F)c(F)c3)cc2)CC1. The van der Waals surface area contributed by atoms with Crippen LogP contribution < -0.4 is 16.0 Å². The number of rotatable bonds is 4.